The van der Waals surface area contributed by atoms with Crippen LogP contribution in [0.5, 0.6) is 0 Å². The average Bonchev–Trinajstić information content (AvgIpc) is 2.27. The van der Waals surface area contributed by atoms with Gasteiger partial charge >= 0.3 is 0 Å². The molecule has 1 aromatic rings. The van der Waals surface area contributed by atoms with E-state index in [-0.39, 0.29) is 17.6 Å². The molecule has 0 spiro atoms. The zero-order chi connectivity index (χ0) is 12.1. The number of nitrogens with zero attached hydrogens (tertiary/aromatic N) is 2. The number of terminal acetylenes is 1. The SMILES string of the molecule is C#CC(CC)Nc1nccn(C(C)C)c1=O. The number of hydrogen-bond donors (Lipinski definition) is 1. The summed E-state index contributed by atoms with van der Waals surface area (Å²) in [4.78, 5) is 16.0. The van der Waals surface area contributed by atoms with Crippen molar-refractivity contribution in [3.8, 4) is 12.3 Å². The fraction of sp³-hybridized carbons (Fsp3) is 0.500. The lowest BCUT2D eigenvalue weighted by molar-refractivity contribution is 0.574. The minimum atomic E-state index is -0.150. The Bertz CT molecular complexity index is 442. The molecule has 16 heavy (non-hydrogen) atoms. The third kappa shape index (κ3) is 2.63. The van der Waals surface area contributed by atoms with Crippen molar-refractivity contribution in [2.75, 3.05) is 5.32 Å². The maximum atomic E-state index is 11.9. The van der Waals surface area contributed by atoms with Crippen LogP contribution in [0.2, 0.25) is 0 Å². The van der Waals surface area contributed by atoms with E-state index in [9.17, 15) is 4.79 Å². The van der Waals surface area contributed by atoms with Crippen molar-refractivity contribution in [3.05, 3.63) is 22.7 Å². The van der Waals surface area contributed by atoms with Crippen LogP contribution in [0, 0.1) is 12.3 Å². The van der Waals surface area contributed by atoms with Crippen molar-refractivity contribution in [3.63, 3.8) is 0 Å². The average molecular weight is 219 g/mol. The molecule has 0 amide bonds. The van der Waals surface area contributed by atoms with Gasteiger partial charge in [0, 0.05) is 18.4 Å². The summed E-state index contributed by atoms with van der Waals surface area (Å²) in [7, 11) is 0. The molecule has 0 aromatic carbocycles. The molecule has 0 saturated carbocycles. The molecule has 4 nitrogen and oxygen atoms in total. The van der Waals surface area contributed by atoms with Crippen LogP contribution in [-0.4, -0.2) is 15.6 Å². The molecule has 0 saturated heterocycles. The van der Waals surface area contributed by atoms with E-state index in [4.69, 9.17) is 6.42 Å². The van der Waals surface area contributed by atoms with E-state index >= 15 is 0 Å². The smallest absolute Gasteiger partial charge is 0.293 e. The van der Waals surface area contributed by atoms with Crippen LogP contribution in [-0.2, 0) is 0 Å². The van der Waals surface area contributed by atoms with Gasteiger partial charge in [0.15, 0.2) is 5.82 Å². The van der Waals surface area contributed by atoms with Crippen molar-refractivity contribution in [1.29, 1.82) is 0 Å². The van der Waals surface area contributed by atoms with Crippen LogP contribution < -0.4 is 10.9 Å². The second kappa shape index (κ2) is 5.36. The summed E-state index contributed by atoms with van der Waals surface area (Å²) >= 11 is 0. The predicted molar refractivity (Wildman–Crippen MR) is 65.4 cm³/mol. The number of anilines is 1. The first-order chi connectivity index (χ1) is 7.60. The van der Waals surface area contributed by atoms with Gasteiger partial charge in [-0.15, -0.1) is 6.42 Å². The minimum absolute atomic E-state index is 0.113. The van der Waals surface area contributed by atoms with Crippen molar-refractivity contribution in [2.24, 2.45) is 0 Å². The Morgan fingerprint density at radius 2 is 2.31 bits per heavy atom. The second-order valence-corrected chi connectivity index (χ2v) is 3.85. The van der Waals surface area contributed by atoms with Gasteiger partial charge in [-0.1, -0.05) is 12.8 Å². The third-order valence-corrected chi connectivity index (χ3v) is 2.34. The highest BCUT2D eigenvalue weighted by Gasteiger charge is 2.09. The van der Waals surface area contributed by atoms with Gasteiger partial charge in [-0.2, -0.15) is 0 Å². The Balaban J connectivity index is 3.03. The van der Waals surface area contributed by atoms with Gasteiger partial charge in [0.05, 0.1) is 6.04 Å². The molecule has 1 aromatic heterocycles. The van der Waals surface area contributed by atoms with Crippen molar-refractivity contribution >= 4 is 5.82 Å². The van der Waals surface area contributed by atoms with E-state index in [0.717, 1.165) is 6.42 Å². The lowest BCUT2D eigenvalue weighted by Gasteiger charge is -2.14. The van der Waals surface area contributed by atoms with Gasteiger partial charge in [-0.25, -0.2) is 4.98 Å². The maximum absolute atomic E-state index is 11.9. The molecule has 0 bridgehead atoms. The highest BCUT2D eigenvalue weighted by Crippen LogP contribution is 2.03. The zero-order valence-electron chi connectivity index (χ0n) is 9.90. The van der Waals surface area contributed by atoms with Gasteiger partial charge in [0.1, 0.15) is 0 Å². The fourth-order valence-corrected chi connectivity index (χ4v) is 1.36. The molecule has 0 aliphatic rings. The normalized spacial score (nSPS) is 12.2. The molecule has 1 rings (SSSR count). The molecule has 1 unspecified atom stereocenters. The molecular weight excluding hydrogens is 202 g/mol. The van der Waals surface area contributed by atoms with Crippen molar-refractivity contribution in [1.82, 2.24) is 9.55 Å². The van der Waals surface area contributed by atoms with Crippen molar-refractivity contribution in [2.45, 2.75) is 39.3 Å². The van der Waals surface area contributed by atoms with Gasteiger partial charge < -0.3 is 9.88 Å². The number of hydrogen-bond acceptors (Lipinski definition) is 3. The van der Waals surface area contributed by atoms with Gasteiger partial charge in [0.2, 0.25) is 0 Å². The van der Waals surface area contributed by atoms with E-state index in [1.165, 1.54) is 0 Å². The number of aromatic nitrogens is 2. The van der Waals surface area contributed by atoms with Crippen LogP contribution in [0.1, 0.15) is 33.2 Å². The summed E-state index contributed by atoms with van der Waals surface area (Å²) in [5, 5.41) is 2.96. The lowest BCUT2D eigenvalue weighted by Crippen LogP contribution is -2.29. The third-order valence-electron chi connectivity index (χ3n) is 2.34. The summed E-state index contributed by atoms with van der Waals surface area (Å²) in [5.74, 6) is 2.90. The van der Waals surface area contributed by atoms with Crippen LogP contribution in [0.3, 0.4) is 0 Å². The Kier molecular flexibility index (Phi) is 4.12. The summed E-state index contributed by atoms with van der Waals surface area (Å²) < 4.78 is 1.62. The highest BCUT2D eigenvalue weighted by atomic mass is 16.1. The molecule has 0 aliphatic heterocycles. The number of nitrogens with one attached hydrogen (secondary N) is 1. The zero-order valence-corrected chi connectivity index (χ0v) is 9.90. The second-order valence-electron chi connectivity index (χ2n) is 3.85. The Hall–Kier alpha value is -1.76. The standard InChI is InChI=1S/C12H17N3O/c1-5-10(6-2)14-11-12(16)15(9(3)4)8-7-13-11/h1,7-10H,6H2,2-4H3,(H,13,14). The van der Waals surface area contributed by atoms with Gasteiger partial charge in [-0.05, 0) is 20.3 Å². The first kappa shape index (κ1) is 12.3. The van der Waals surface area contributed by atoms with Crippen LogP contribution >= 0.6 is 0 Å². The lowest BCUT2D eigenvalue weighted by atomic mass is 10.2. The molecule has 1 N–H and O–H groups in total. The van der Waals surface area contributed by atoms with Crippen LogP contribution in [0.4, 0.5) is 5.82 Å². The van der Waals surface area contributed by atoms with Crippen molar-refractivity contribution < 1.29 is 0 Å². The van der Waals surface area contributed by atoms with E-state index in [2.05, 4.69) is 16.2 Å². The number of rotatable bonds is 4. The first-order valence-corrected chi connectivity index (χ1v) is 5.40. The van der Waals surface area contributed by atoms with Gasteiger partial charge in [-0.3, -0.25) is 4.79 Å². The van der Waals surface area contributed by atoms with E-state index in [1.54, 1.807) is 17.0 Å². The topological polar surface area (TPSA) is 46.9 Å². The first-order valence-electron chi connectivity index (χ1n) is 5.40. The molecule has 1 atom stereocenters. The molecule has 0 aliphatic carbocycles. The Labute approximate surface area is 95.7 Å². The predicted octanol–water partition coefficient (Wildman–Crippen LogP) is 1.65. The quantitative estimate of drug-likeness (QED) is 0.783. The largest absolute Gasteiger partial charge is 0.352 e. The van der Waals surface area contributed by atoms with E-state index < -0.39 is 0 Å². The monoisotopic (exact) mass is 219 g/mol. The summed E-state index contributed by atoms with van der Waals surface area (Å²) in [6, 6.07) is -0.0369. The molecule has 0 fully saturated rings. The van der Waals surface area contributed by atoms with E-state index in [1.807, 2.05) is 20.8 Å². The minimum Gasteiger partial charge on any atom is -0.352 e. The fourth-order valence-electron chi connectivity index (χ4n) is 1.36. The Morgan fingerprint density at radius 3 is 2.81 bits per heavy atom. The molecule has 1 heterocycles. The molecular formula is C12H17N3O. The molecule has 0 radical (unpaired) electrons. The maximum Gasteiger partial charge on any atom is 0.293 e. The van der Waals surface area contributed by atoms with Crippen LogP contribution in [0.15, 0.2) is 17.2 Å². The highest BCUT2D eigenvalue weighted by molar-refractivity contribution is 5.35. The molecule has 4 heteroatoms. The summed E-state index contributed by atoms with van der Waals surface area (Å²) in [6.45, 7) is 5.86. The molecule has 86 valence electrons. The van der Waals surface area contributed by atoms with E-state index in [0.29, 0.717) is 5.82 Å². The Morgan fingerprint density at radius 1 is 1.62 bits per heavy atom. The van der Waals surface area contributed by atoms with Gasteiger partial charge in [0.25, 0.3) is 5.56 Å². The summed E-state index contributed by atoms with van der Waals surface area (Å²) in [5.41, 5.74) is -0.133. The summed E-state index contributed by atoms with van der Waals surface area (Å²) in [6.07, 6.45) is 9.37. The van der Waals surface area contributed by atoms with Crippen LogP contribution in [0.25, 0.3) is 0 Å².